The van der Waals surface area contributed by atoms with Gasteiger partial charge in [0.25, 0.3) is 0 Å². The molecule has 1 saturated carbocycles. The van der Waals surface area contributed by atoms with Gasteiger partial charge in [-0.05, 0) is 36.2 Å². The molecule has 0 spiro atoms. The quantitative estimate of drug-likeness (QED) is 0.680. The molecule has 0 unspecified atom stereocenters. The van der Waals surface area contributed by atoms with Gasteiger partial charge in [-0.15, -0.1) is 0 Å². The molecule has 2 nitrogen and oxygen atoms in total. The van der Waals surface area contributed by atoms with E-state index in [9.17, 15) is 4.79 Å². The number of ether oxygens (including phenoxy) is 1. The Morgan fingerprint density at radius 3 is 2.50 bits per heavy atom. The maximum atomic E-state index is 12.4. The van der Waals surface area contributed by atoms with E-state index in [4.69, 9.17) is 4.74 Å². The lowest BCUT2D eigenvalue weighted by atomic mass is 9.69. The highest BCUT2D eigenvalue weighted by Gasteiger charge is 2.48. The molecule has 2 heteroatoms. The summed E-state index contributed by atoms with van der Waals surface area (Å²) in [4.78, 5) is 12.4. The average molecular weight is 222 g/mol. The SMILES string of the molecule is COC1=C2CCCC[C@H]2[C@@H](C(C)(C)C)C1=O. The highest BCUT2D eigenvalue weighted by Crippen LogP contribution is 2.50. The number of carbonyl (C=O) groups excluding carboxylic acids is 1. The van der Waals surface area contributed by atoms with Gasteiger partial charge < -0.3 is 4.74 Å². The average Bonchev–Trinajstić information content (AvgIpc) is 2.48. The second-order valence-corrected chi connectivity index (χ2v) is 6.12. The zero-order valence-electron chi connectivity index (χ0n) is 10.8. The van der Waals surface area contributed by atoms with Crippen molar-refractivity contribution in [3.05, 3.63) is 11.3 Å². The first-order valence-corrected chi connectivity index (χ1v) is 6.28. The minimum Gasteiger partial charge on any atom is -0.493 e. The molecule has 1 fully saturated rings. The molecule has 2 aliphatic rings. The number of hydrogen-bond acceptors (Lipinski definition) is 2. The summed E-state index contributed by atoms with van der Waals surface area (Å²) in [5.74, 6) is 1.52. The summed E-state index contributed by atoms with van der Waals surface area (Å²) in [5, 5.41) is 0. The van der Waals surface area contributed by atoms with Gasteiger partial charge in [0.05, 0.1) is 7.11 Å². The number of allylic oxidation sites excluding steroid dienone is 2. The summed E-state index contributed by atoms with van der Waals surface area (Å²) in [6.07, 6.45) is 4.69. The van der Waals surface area contributed by atoms with Gasteiger partial charge in [0.15, 0.2) is 5.76 Å². The minimum absolute atomic E-state index is 0.0463. The van der Waals surface area contributed by atoms with E-state index in [0.29, 0.717) is 11.7 Å². The van der Waals surface area contributed by atoms with Crippen LogP contribution in [0, 0.1) is 17.3 Å². The lowest BCUT2D eigenvalue weighted by Crippen LogP contribution is -2.32. The van der Waals surface area contributed by atoms with Crippen LogP contribution in [0.5, 0.6) is 0 Å². The Balaban J connectivity index is 2.37. The van der Waals surface area contributed by atoms with Crippen molar-refractivity contribution in [1.82, 2.24) is 0 Å². The van der Waals surface area contributed by atoms with Crippen molar-refractivity contribution >= 4 is 5.78 Å². The molecule has 2 rings (SSSR count). The molecule has 0 saturated heterocycles. The summed E-state index contributed by atoms with van der Waals surface area (Å²) in [6.45, 7) is 6.50. The van der Waals surface area contributed by atoms with Gasteiger partial charge in [0.1, 0.15) is 0 Å². The first kappa shape index (κ1) is 11.7. The standard InChI is InChI=1S/C14H22O2/c1-14(2,3)11-9-7-5-6-8-10(9)13(16-4)12(11)15/h9,11H,5-8H2,1-4H3/t9-,11-/m1/s1. The monoisotopic (exact) mass is 222 g/mol. The van der Waals surface area contributed by atoms with Crippen LogP contribution >= 0.6 is 0 Å². The molecule has 2 atom stereocenters. The smallest absolute Gasteiger partial charge is 0.201 e. The van der Waals surface area contributed by atoms with Crippen molar-refractivity contribution in [2.24, 2.45) is 17.3 Å². The molecule has 0 aromatic heterocycles. The Bertz CT molecular complexity index is 333. The molecule has 0 aliphatic heterocycles. The van der Waals surface area contributed by atoms with Crippen molar-refractivity contribution in [3.8, 4) is 0 Å². The third-order valence-corrected chi connectivity index (χ3v) is 4.00. The van der Waals surface area contributed by atoms with E-state index in [0.717, 1.165) is 12.8 Å². The van der Waals surface area contributed by atoms with E-state index in [1.807, 2.05) is 0 Å². The first-order valence-electron chi connectivity index (χ1n) is 6.28. The molecule has 0 amide bonds. The summed E-state index contributed by atoms with van der Waals surface area (Å²) in [5.41, 5.74) is 1.35. The Morgan fingerprint density at radius 1 is 1.25 bits per heavy atom. The summed E-state index contributed by atoms with van der Waals surface area (Å²) in [6, 6.07) is 0. The fourth-order valence-corrected chi connectivity index (χ4v) is 3.40. The Kier molecular flexibility index (Phi) is 2.85. The second kappa shape index (κ2) is 3.90. The molecule has 2 aliphatic carbocycles. The second-order valence-electron chi connectivity index (χ2n) is 6.12. The highest BCUT2D eigenvalue weighted by molar-refractivity contribution is 5.99. The highest BCUT2D eigenvalue weighted by atomic mass is 16.5. The van der Waals surface area contributed by atoms with Crippen molar-refractivity contribution in [3.63, 3.8) is 0 Å². The van der Waals surface area contributed by atoms with Crippen molar-refractivity contribution in [2.45, 2.75) is 46.5 Å². The van der Waals surface area contributed by atoms with Gasteiger partial charge >= 0.3 is 0 Å². The van der Waals surface area contributed by atoms with Gasteiger partial charge in [-0.1, -0.05) is 27.2 Å². The fourth-order valence-electron chi connectivity index (χ4n) is 3.40. The number of fused-ring (bicyclic) bond motifs is 1. The minimum atomic E-state index is 0.0463. The van der Waals surface area contributed by atoms with Crippen LogP contribution in [0.3, 0.4) is 0 Å². The summed E-state index contributed by atoms with van der Waals surface area (Å²) in [7, 11) is 1.64. The topological polar surface area (TPSA) is 26.3 Å². The van der Waals surface area contributed by atoms with Crippen LogP contribution in [0.25, 0.3) is 0 Å². The number of rotatable bonds is 1. The van der Waals surface area contributed by atoms with Gasteiger partial charge in [0, 0.05) is 5.92 Å². The fraction of sp³-hybridized carbons (Fsp3) is 0.786. The van der Waals surface area contributed by atoms with Gasteiger partial charge in [0.2, 0.25) is 5.78 Å². The van der Waals surface area contributed by atoms with Gasteiger partial charge in [-0.3, -0.25) is 4.79 Å². The van der Waals surface area contributed by atoms with E-state index >= 15 is 0 Å². The largest absolute Gasteiger partial charge is 0.493 e. The normalized spacial score (nSPS) is 30.6. The number of carbonyl (C=O) groups is 1. The number of Topliss-reactive ketones (excluding diaryl/α,β-unsaturated/α-hetero) is 1. The van der Waals surface area contributed by atoms with E-state index < -0.39 is 0 Å². The van der Waals surface area contributed by atoms with E-state index in [-0.39, 0.29) is 17.1 Å². The van der Waals surface area contributed by atoms with Crippen LogP contribution in [0.15, 0.2) is 11.3 Å². The zero-order valence-corrected chi connectivity index (χ0v) is 10.8. The third kappa shape index (κ3) is 1.68. The molecular formula is C14H22O2. The lowest BCUT2D eigenvalue weighted by Gasteiger charge is -2.33. The van der Waals surface area contributed by atoms with Crippen LogP contribution in [0.1, 0.15) is 46.5 Å². The van der Waals surface area contributed by atoms with E-state index in [2.05, 4.69) is 20.8 Å². The first-order chi connectivity index (χ1) is 7.46. The molecular weight excluding hydrogens is 200 g/mol. The van der Waals surface area contributed by atoms with Crippen LogP contribution in [-0.4, -0.2) is 12.9 Å². The lowest BCUT2D eigenvalue weighted by molar-refractivity contribution is -0.125. The number of methoxy groups -OCH3 is 1. The summed E-state index contributed by atoms with van der Waals surface area (Å²) >= 11 is 0. The number of hydrogen-bond donors (Lipinski definition) is 0. The molecule has 0 aromatic carbocycles. The van der Waals surface area contributed by atoms with Gasteiger partial charge in [-0.2, -0.15) is 0 Å². The summed E-state index contributed by atoms with van der Waals surface area (Å²) < 4.78 is 5.35. The molecule has 0 radical (unpaired) electrons. The Hall–Kier alpha value is -0.790. The van der Waals surface area contributed by atoms with Crippen molar-refractivity contribution in [1.29, 1.82) is 0 Å². The van der Waals surface area contributed by atoms with Crippen LogP contribution in [-0.2, 0) is 9.53 Å². The van der Waals surface area contributed by atoms with Gasteiger partial charge in [-0.25, -0.2) is 0 Å². The third-order valence-electron chi connectivity index (χ3n) is 4.00. The van der Waals surface area contributed by atoms with Crippen LogP contribution in [0.4, 0.5) is 0 Å². The van der Waals surface area contributed by atoms with E-state index in [1.165, 1.54) is 18.4 Å². The van der Waals surface area contributed by atoms with Crippen molar-refractivity contribution in [2.75, 3.05) is 7.11 Å². The zero-order chi connectivity index (χ0) is 11.9. The Morgan fingerprint density at radius 2 is 1.94 bits per heavy atom. The predicted octanol–water partition coefficient (Wildman–Crippen LogP) is 3.32. The molecule has 16 heavy (non-hydrogen) atoms. The van der Waals surface area contributed by atoms with Crippen LogP contribution < -0.4 is 0 Å². The van der Waals surface area contributed by atoms with E-state index in [1.54, 1.807) is 7.11 Å². The predicted molar refractivity (Wildman–Crippen MR) is 63.9 cm³/mol. The maximum absolute atomic E-state index is 12.4. The van der Waals surface area contributed by atoms with Crippen LogP contribution in [0.2, 0.25) is 0 Å². The molecule has 90 valence electrons. The molecule has 0 N–H and O–H groups in total. The Labute approximate surface area is 98.1 Å². The number of ketones is 1. The van der Waals surface area contributed by atoms with Crippen molar-refractivity contribution < 1.29 is 9.53 Å². The molecule has 0 heterocycles. The maximum Gasteiger partial charge on any atom is 0.201 e. The molecule has 0 aromatic rings. The molecule has 0 bridgehead atoms.